The molecule has 0 aliphatic carbocycles. The van der Waals surface area contributed by atoms with E-state index in [1.165, 1.54) is 0 Å². The first-order valence-electron chi connectivity index (χ1n) is 4.77. The van der Waals surface area contributed by atoms with Crippen molar-refractivity contribution in [3.05, 3.63) is 48.0 Å². The molecule has 1 aromatic carbocycles. The van der Waals surface area contributed by atoms with Crippen molar-refractivity contribution in [2.24, 2.45) is 0 Å². The molecule has 0 radical (unpaired) electrons. The normalized spacial score (nSPS) is 12.7. The topological polar surface area (TPSA) is 80.7 Å². The molecule has 1 aromatic rings. The fourth-order valence-electron chi connectivity index (χ4n) is 1.07. The highest BCUT2D eigenvalue weighted by Gasteiger charge is 2.10. The first-order valence-corrected chi connectivity index (χ1v) is 4.77. The maximum absolute atomic E-state index is 10.2. The number of rotatable bonds is 2. The largest absolute Gasteiger partial charge is 0.481 e. The van der Waals surface area contributed by atoms with E-state index in [9.17, 15) is 14.4 Å². The van der Waals surface area contributed by atoms with Gasteiger partial charge in [-0.1, -0.05) is 30.3 Å². The Kier molecular flexibility index (Phi) is 4.62. The summed E-state index contributed by atoms with van der Waals surface area (Å²) in [6, 6.07) is 9.13. The minimum Gasteiger partial charge on any atom is -0.481 e. The molecule has 1 aliphatic rings. The van der Waals surface area contributed by atoms with Crippen molar-refractivity contribution in [3.63, 3.8) is 0 Å². The van der Waals surface area contributed by atoms with Gasteiger partial charge in [-0.15, -0.1) is 0 Å². The van der Waals surface area contributed by atoms with Crippen LogP contribution in [0.4, 0.5) is 0 Å². The summed E-state index contributed by atoms with van der Waals surface area (Å²) in [6.45, 7) is 0. The third-order valence-corrected chi connectivity index (χ3v) is 1.75. The predicted octanol–water partition coefficient (Wildman–Crippen LogP) is 0.940. The molecule has 1 aliphatic heterocycles. The maximum atomic E-state index is 10.2. The van der Waals surface area contributed by atoms with Gasteiger partial charge in [-0.25, -0.2) is 9.59 Å². The molecule has 5 heteroatoms. The summed E-state index contributed by atoms with van der Waals surface area (Å²) in [5.41, 5.74) is 0.843. The van der Waals surface area contributed by atoms with Crippen LogP contribution in [0.5, 0.6) is 0 Å². The number of ether oxygens (including phenoxy) is 1. The molecule has 0 atom stereocenters. The van der Waals surface area contributed by atoms with Crippen LogP contribution in [-0.2, 0) is 25.5 Å². The Morgan fingerprint density at radius 3 is 1.94 bits per heavy atom. The Bertz CT molecular complexity index is 431. The van der Waals surface area contributed by atoms with Gasteiger partial charge in [0.15, 0.2) is 0 Å². The van der Waals surface area contributed by atoms with E-state index >= 15 is 0 Å². The van der Waals surface area contributed by atoms with E-state index in [1.807, 2.05) is 18.2 Å². The lowest BCUT2D eigenvalue weighted by Crippen LogP contribution is -1.98. The van der Waals surface area contributed by atoms with Gasteiger partial charge in [0, 0.05) is 12.2 Å². The Morgan fingerprint density at radius 1 is 1.06 bits per heavy atom. The number of aliphatic carboxylic acids is 1. The number of carboxylic acid groups (broad SMARTS) is 1. The van der Waals surface area contributed by atoms with E-state index in [2.05, 4.69) is 4.74 Å². The van der Waals surface area contributed by atoms with Gasteiger partial charge in [0.25, 0.3) is 0 Å². The van der Waals surface area contributed by atoms with Gasteiger partial charge in [-0.05, 0) is 5.56 Å². The Hall–Kier alpha value is -2.43. The van der Waals surface area contributed by atoms with Crippen molar-refractivity contribution in [2.75, 3.05) is 0 Å². The highest BCUT2D eigenvalue weighted by Crippen LogP contribution is 1.98. The standard InChI is InChI=1S/C8H8O2.C4H2O3/c9-8(10)6-7-4-2-1-3-5-7;5-3-1-2-4(6)7-3/h1-5H,6H2,(H,9,10);1-2H. The van der Waals surface area contributed by atoms with Crippen molar-refractivity contribution in [2.45, 2.75) is 6.42 Å². The van der Waals surface area contributed by atoms with E-state index in [4.69, 9.17) is 5.11 Å². The minimum atomic E-state index is -0.786. The SMILES string of the molecule is O=C(O)Cc1ccccc1.O=C1C=CC(=O)O1. The zero-order valence-electron chi connectivity index (χ0n) is 8.83. The van der Waals surface area contributed by atoms with Gasteiger partial charge in [0.05, 0.1) is 6.42 Å². The summed E-state index contributed by atoms with van der Waals surface area (Å²) in [7, 11) is 0. The summed E-state index contributed by atoms with van der Waals surface area (Å²) >= 11 is 0. The molecule has 0 aromatic heterocycles. The number of carbonyl (C=O) groups is 3. The van der Waals surface area contributed by atoms with Crippen LogP contribution in [0.1, 0.15) is 5.56 Å². The molecule has 0 saturated carbocycles. The highest BCUT2D eigenvalue weighted by atomic mass is 16.6. The molecule has 0 saturated heterocycles. The van der Waals surface area contributed by atoms with Crippen LogP contribution in [0.25, 0.3) is 0 Å². The van der Waals surface area contributed by atoms with E-state index in [0.717, 1.165) is 17.7 Å². The molecule has 0 amide bonds. The minimum absolute atomic E-state index is 0.112. The Balaban J connectivity index is 0.000000181. The molecule has 1 N–H and O–H groups in total. The van der Waals surface area contributed by atoms with Crippen LogP contribution in [0.2, 0.25) is 0 Å². The highest BCUT2D eigenvalue weighted by molar-refractivity contribution is 6.04. The number of cyclic esters (lactones) is 2. The van der Waals surface area contributed by atoms with Gasteiger partial charge in [-0.3, -0.25) is 4.79 Å². The number of hydrogen-bond acceptors (Lipinski definition) is 4. The lowest BCUT2D eigenvalue weighted by Gasteiger charge is -1.92. The fourth-order valence-corrected chi connectivity index (χ4v) is 1.07. The summed E-state index contributed by atoms with van der Waals surface area (Å²) in [4.78, 5) is 30.0. The van der Waals surface area contributed by atoms with Crippen molar-refractivity contribution in [1.82, 2.24) is 0 Å². The quantitative estimate of drug-likeness (QED) is 0.608. The van der Waals surface area contributed by atoms with Gasteiger partial charge < -0.3 is 9.84 Å². The molecule has 88 valence electrons. The van der Waals surface area contributed by atoms with Crippen molar-refractivity contribution in [3.8, 4) is 0 Å². The predicted molar refractivity (Wildman–Crippen MR) is 58.0 cm³/mol. The second-order valence-corrected chi connectivity index (χ2v) is 3.13. The third-order valence-electron chi connectivity index (χ3n) is 1.75. The van der Waals surface area contributed by atoms with Crippen molar-refractivity contribution >= 4 is 17.9 Å². The molecule has 0 unspecified atom stereocenters. The van der Waals surface area contributed by atoms with Crippen LogP contribution < -0.4 is 0 Å². The van der Waals surface area contributed by atoms with E-state index < -0.39 is 17.9 Å². The maximum Gasteiger partial charge on any atom is 0.338 e. The Morgan fingerprint density at radius 2 is 1.59 bits per heavy atom. The monoisotopic (exact) mass is 234 g/mol. The molecule has 17 heavy (non-hydrogen) atoms. The number of esters is 2. The van der Waals surface area contributed by atoms with Gasteiger partial charge >= 0.3 is 17.9 Å². The third kappa shape index (κ3) is 5.27. The van der Waals surface area contributed by atoms with E-state index in [0.29, 0.717) is 0 Å². The molecule has 2 rings (SSSR count). The Labute approximate surface area is 97.3 Å². The van der Waals surface area contributed by atoms with Crippen LogP contribution in [0.15, 0.2) is 42.5 Å². The van der Waals surface area contributed by atoms with Crippen molar-refractivity contribution in [1.29, 1.82) is 0 Å². The smallest absolute Gasteiger partial charge is 0.338 e. The number of benzene rings is 1. The zero-order chi connectivity index (χ0) is 12.7. The van der Waals surface area contributed by atoms with E-state index in [1.54, 1.807) is 12.1 Å². The first-order chi connectivity index (χ1) is 8.08. The number of carboxylic acids is 1. The van der Waals surface area contributed by atoms with Crippen LogP contribution >= 0.6 is 0 Å². The summed E-state index contributed by atoms with van der Waals surface area (Å²) in [5, 5.41) is 8.37. The average Bonchev–Trinajstić information content (AvgIpc) is 2.64. The molecule has 0 bridgehead atoms. The van der Waals surface area contributed by atoms with Gasteiger partial charge in [0.2, 0.25) is 0 Å². The van der Waals surface area contributed by atoms with E-state index in [-0.39, 0.29) is 6.42 Å². The lowest BCUT2D eigenvalue weighted by molar-refractivity contribution is -0.150. The molecule has 5 nitrogen and oxygen atoms in total. The summed E-state index contributed by atoms with van der Waals surface area (Å²) in [5.74, 6) is -1.94. The zero-order valence-corrected chi connectivity index (χ0v) is 8.83. The molecule has 1 heterocycles. The molecule has 0 spiro atoms. The lowest BCUT2D eigenvalue weighted by atomic mass is 10.2. The first kappa shape index (κ1) is 12.6. The van der Waals surface area contributed by atoms with Crippen LogP contribution in [0, 0.1) is 0 Å². The second kappa shape index (κ2) is 6.22. The average molecular weight is 234 g/mol. The summed E-state index contributed by atoms with van der Waals surface area (Å²) < 4.78 is 3.97. The molecular weight excluding hydrogens is 224 g/mol. The van der Waals surface area contributed by atoms with Gasteiger partial charge in [-0.2, -0.15) is 0 Å². The van der Waals surface area contributed by atoms with Crippen LogP contribution in [-0.4, -0.2) is 23.0 Å². The van der Waals surface area contributed by atoms with Gasteiger partial charge in [0.1, 0.15) is 0 Å². The number of hydrogen-bond donors (Lipinski definition) is 1. The fraction of sp³-hybridized carbons (Fsp3) is 0.0833. The number of carbonyl (C=O) groups excluding carboxylic acids is 2. The summed E-state index contributed by atoms with van der Waals surface area (Å²) in [6.07, 6.45) is 2.28. The van der Waals surface area contributed by atoms with Crippen molar-refractivity contribution < 1.29 is 24.2 Å². The molecular formula is C12H10O5. The molecule has 0 fully saturated rings. The van der Waals surface area contributed by atoms with Crippen LogP contribution in [0.3, 0.4) is 0 Å². The second-order valence-electron chi connectivity index (χ2n) is 3.13.